The Kier molecular flexibility index (Phi) is 5.13. The first-order valence-electron chi connectivity index (χ1n) is 6.33. The summed E-state index contributed by atoms with van der Waals surface area (Å²) in [5, 5.41) is 2.76. The van der Waals surface area contributed by atoms with E-state index < -0.39 is 5.82 Å². The number of amides is 1. The Balaban J connectivity index is 3.13. The van der Waals surface area contributed by atoms with Gasteiger partial charge in [0, 0.05) is 19.6 Å². The third kappa shape index (κ3) is 2.81. The van der Waals surface area contributed by atoms with Gasteiger partial charge in [-0.15, -0.1) is 0 Å². The van der Waals surface area contributed by atoms with E-state index in [2.05, 4.69) is 5.32 Å². The van der Waals surface area contributed by atoms with E-state index in [9.17, 15) is 9.18 Å². The van der Waals surface area contributed by atoms with Crippen molar-refractivity contribution in [2.75, 3.05) is 18.9 Å². The Morgan fingerprint density at radius 2 is 2.11 bits per heavy atom. The van der Waals surface area contributed by atoms with E-state index in [1.54, 1.807) is 24.1 Å². The lowest BCUT2D eigenvalue weighted by Gasteiger charge is -2.28. The maximum Gasteiger partial charge on any atom is 0.256 e. The third-order valence-corrected chi connectivity index (χ3v) is 3.22. The highest BCUT2D eigenvalue weighted by atomic mass is 19.1. The van der Waals surface area contributed by atoms with Crippen molar-refractivity contribution < 1.29 is 9.18 Å². The molecule has 0 aromatic heterocycles. The van der Waals surface area contributed by atoms with Crippen LogP contribution >= 0.6 is 0 Å². The van der Waals surface area contributed by atoms with Gasteiger partial charge in [-0.1, -0.05) is 13.0 Å². The van der Waals surface area contributed by atoms with Gasteiger partial charge in [0.05, 0.1) is 11.3 Å². The van der Waals surface area contributed by atoms with Gasteiger partial charge >= 0.3 is 0 Å². The lowest BCUT2D eigenvalue weighted by molar-refractivity contribution is 0.0700. The van der Waals surface area contributed by atoms with Crippen LogP contribution in [0.3, 0.4) is 0 Å². The lowest BCUT2D eigenvalue weighted by Crippen LogP contribution is -2.38. The monoisotopic (exact) mass is 252 g/mol. The zero-order valence-electron chi connectivity index (χ0n) is 11.5. The fraction of sp³-hybridized carbons (Fsp3) is 0.500. The van der Waals surface area contributed by atoms with Crippen LogP contribution in [-0.4, -0.2) is 30.4 Å². The topological polar surface area (TPSA) is 32.3 Å². The number of halogens is 1. The summed E-state index contributed by atoms with van der Waals surface area (Å²) in [6.45, 7) is 6.58. The van der Waals surface area contributed by atoms with E-state index in [-0.39, 0.29) is 17.6 Å². The highest BCUT2D eigenvalue weighted by molar-refractivity contribution is 5.99. The SMILES string of the molecule is CCC(C)N(CC)C(=O)c1cccc(F)c1NC. The van der Waals surface area contributed by atoms with Crippen LogP contribution < -0.4 is 5.32 Å². The fourth-order valence-corrected chi connectivity index (χ4v) is 1.99. The maximum atomic E-state index is 13.6. The van der Waals surface area contributed by atoms with E-state index in [0.29, 0.717) is 12.1 Å². The molecule has 1 amide bonds. The summed E-state index contributed by atoms with van der Waals surface area (Å²) in [6.07, 6.45) is 0.879. The van der Waals surface area contributed by atoms with E-state index in [0.717, 1.165) is 6.42 Å². The molecule has 3 nitrogen and oxygen atoms in total. The lowest BCUT2D eigenvalue weighted by atomic mass is 10.1. The predicted octanol–water partition coefficient (Wildman–Crippen LogP) is 3.13. The molecule has 0 bridgehead atoms. The summed E-state index contributed by atoms with van der Waals surface area (Å²) < 4.78 is 13.6. The first kappa shape index (κ1) is 14.5. The van der Waals surface area contributed by atoms with E-state index in [1.807, 2.05) is 20.8 Å². The molecule has 0 fully saturated rings. The van der Waals surface area contributed by atoms with Crippen molar-refractivity contribution in [2.24, 2.45) is 0 Å². The zero-order valence-corrected chi connectivity index (χ0v) is 11.5. The summed E-state index contributed by atoms with van der Waals surface area (Å²) in [5.74, 6) is -0.528. The first-order valence-corrected chi connectivity index (χ1v) is 6.33. The number of nitrogens with one attached hydrogen (secondary N) is 1. The van der Waals surface area contributed by atoms with Crippen LogP contribution in [0.4, 0.5) is 10.1 Å². The van der Waals surface area contributed by atoms with E-state index in [4.69, 9.17) is 0 Å². The predicted molar refractivity (Wildman–Crippen MR) is 72.4 cm³/mol. The third-order valence-electron chi connectivity index (χ3n) is 3.22. The quantitative estimate of drug-likeness (QED) is 0.873. The second-order valence-electron chi connectivity index (χ2n) is 4.26. The molecule has 1 rings (SSSR count). The summed E-state index contributed by atoms with van der Waals surface area (Å²) >= 11 is 0. The fourth-order valence-electron chi connectivity index (χ4n) is 1.99. The number of para-hydroxylation sites is 1. The Labute approximate surface area is 108 Å². The van der Waals surface area contributed by atoms with E-state index in [1.165, 1.54) is 6.07 Å². The molecule has 0 aliphatic heterocycles. The summed E-state index contributed by atoms with van der Waals surface area (Å²) in [7, 11) is 1.62. The largest absolute Gasteiger partial charge is 0.385 e. The summed E-state index contributed by atoms with van der Waals surface area (Å²) in [5.41, 5.74) is 0.656. The average molecular weight is 252 g/mol. The minimum atomic E-state index is -0.399. The van der Waals surface area contributed by atoms with Gasteiger partial charge in [0.25, 0.3) is 5.91 Å². The second-order valence-corrected chi connectivity index (χ2v) is 4.26. The Bertz CT molecular complexity index is 420. The molecular formula is C14H21FN2O. The smallest absolute Gasteiger partial charge is 0.256 e. The number of hydrogen-bond acceptors (Lipinski definition) is 2. The standard InChI is InChI=1S/C14H21FN2O/c1-5-10(3)17(6-2)14(18)11-8-7-9-12(15)13(11)16-4/h7-10,16H,5-6H2,1-4H3. The van der Waals surface area contributed by atoms with Gasteiger partial charge in [0.15, 0.2) is 0 Å². The molecule has 1 aromatic rings. The zero-order chi connectivity index (χ0) is 13.7. The van der Waals surface area contributed by atoms with Crippen LogP contribution in [0.25, 0.3) is 0 Å². The highest BCUT2D eigenvalue weighted by Crippen LogP contribution is 2.22. The van der Waals surface area contributed by atoms with Crippen LogP contribution in [-0.2, 0) is 0 Å². The molecule has 0 spiro atoms. The summed E-state index contributed by atoms with van der Waals surface area (Å²) in [6, 6.07) is 4.72. The molecule has 1 atom stereocenters. The molecule has 0 heterocycles. The minimum Gasteiger partial charge on any atom is -0.385 e. The number of carbonyl (C=O) groups excluding carboxylic acids is 1. The van der Waals surface area contributed by atoms with Crippen molar-refractivity contribution >= 4 is 11.6 Å². The van der Waals surface area contributed by atoms with Gasteiger partial charge in [-0.25, -0.2) is 4.39 Å². The average Bonchev–Trinajstić information content (AvgIpc) is 2.38. The van der Waals surface area contributed by atoms with E-state index >= 15 is 0 Å². The number of carbonyl (C=O) groups is 1. The molecule has 1 aromatic carbocycles. The number of rotatable bonds is 5. The molecule has 18 heavy (non-hydrogen) atoms. The molecule has 100 valence electrons. The van der Waals surface area contributed by atoms with Crippen molar-refractivity contribution in [1.82, 2.24) is 4.90 Å². The number of hydrogen-bond donors (Lipinski definition) is 1. The molecule has 0 radical (unpaired) electrons. The van der Waals surface area contributed by atoms with Crippen LogP contribution in [0.5, 0.6) is 0 Å². The highest BCUT2D eigenvalue weighted by Gasteiger charge is 2.22. The van der Waals surface area contributed by atoms with Gasteiger partial charge in [0.1, 0.15) is 5.82 Å². The molecule has 0 saturated heterocycles. The molecule has 0 aliphatic carbocycles. The molecule has 4 heteroatoms. The van der Waals surface area contributed by atoms with Gasteiger partial charge in [-0.05, 0) is 32.4 Å². The van der Waals surface area contributed by atoms with Crippen LogP contribution in [0.1, 0.15) is 37.6 Å². The molecule has 0 saturated carbocycles. The first-order chi connectivity index (χ1) is 8.56. The number of benzene rings is 1. The minimum absolute atomic E-state index is 0.129. The Hall–Kier alpha value is -1.58. The molecule has 1 N–H and O–H groups in total. The van der Waals surface area contributed by atoms with Crippen molar-refractivity contribution in [3.63, 3.8) is 0 Å². The van der Waals surface area contributed by atoms with Crippen LogP contribution in [0.2, 0.25) is 0 Å². The summed E-state index contributed by atoms with van der Waals surface area (Å²) in [4.78, 5) is 14.2. The van der Waals surface area contributed by atoms with Gasteiger partial charge < -0.3 is 10.2 Å². The maximum absolute atomic E-state index is 13.6. The van der Waals surface area contributed by atoms with Crippen molar-refractivity contribution in [3.05, 3.63) is 29.6 Å². The Morgan fingerprint density at radius 1 is 1.44 bits per heavy atom. The second kappa shape index (κ2) is 6.38. The van der Waals surface area contributed by atoms with Crippen molar-refractivity contribution in [3.8, 4) is 0 Å². The van der Waals surface area contributed by atoms with Crippen LogP contribution in [0, 0.1) is 5.82 Å². The molecular weight excluding hydrogens is 231 g/mol. The molecule has 1 unspecified atom stereocenters. The number of anilines is 1. The van der Waals surface area contributed by atoms with Crippen LogP contribution in [0.15, 0.2) is 18.2 Å². The van der Waals surface area contributed by atoms with Crippen molar-refractivity contribution in [2.45, 2.75) is 33.2 Å². The van der Waals surface area contributed by atoms with Gasteiger partial charge in [-0.2, -0.15) is 0 Å². The number of nitrogens with zero attached hydrogens (tertiary/aromatic N) is 1. The molecule has 0 aliphatic rings. The van der Waals surface area contributed by atoms with Gasteiger partial charge in [-0.3, -0.25) is 4.79 Å². The Morgan fingerprint density at radius 3 is 2.61 bits per heavy atom. The van der Waals surface area contributed by atoms with Crippen molar-refractivity contribution in [1.29, 1.82) is 0 Å². The van der Waals surface area contributed by atoms with Gasteiger partial charge in [0.2, 0.25) is 0 Å². The normalized spacial score (nSPS) is 12.1.